The summed E-state index contributed by atoms with van der Waals surface area (Å²) < 4.78 is 0. The predicted molar refractivity (Wildman–Crippen MR) is 65.4 cm³/mol. The second-order valence-corrected chi connectivity index (χ2v) is 4.39. The van der Waals surface area contributed by atoms with Crippen molar-refractivity contribution in [2.45, 2.75) is 38.6 Å². The summed E-state index contributed by atoms with van der Waals surface area (Å²) in [5.41, 5.74) is 5.90. The van der Waals surface area contributed by atoms with Crippen molar-refractivity contribution in [1.29, 1.82) is 0 Å². The molecular formula is C12H18N4O. The summed E-state index contributed by atoms with van der Waals surface area (Å²) in [6, 6.07) is 0.333. The van der Waals surface area contributed by atoms with Crippen molar-refractivity contribution in [1.82, 2.24) is 14.9 Å². The van der Waals surface area contributed by atoms with Gasteiger partial charge in [-0.3, -0.25) is 9.78 Å². The van der Waals surface area contributed by atoms with Crippen molar-refractivity contribution in [2.24, 2.45) is 0 Å². The smallest absolute Gasteiger partial charge is 0.274 e. The number of rotatable bonds is 2. The highest BCUT2D eigenvalue weighted by Gasteiger charge is 2.27. The van der Waals surface area contributed by atoms with Gasteiger partial charge in [0.2, 0.25) is 0 Å². The molecule has 1 aliphatic rings. The molecule has 5 heteroatoms. The number of anilines is 1. The normalized spacial score (nSPS) is 20.3. The number of piperidine rings is 1. The lowest BCUT2D eigenvalue weighted by molar-refractivity contribution is 0.0601. The maximum atomic E-state index is 12.3. The van der Waals surface area contributed by atoms with E-state index in [1.165, 1.54) is 18.8 Å². The minimum atomic E-state index is -0.0450. The maximum absolute atomic E-state index is 12.3. The molecule has 17 heavy (non-hydrogen) atoms. The first-order valence-electron chi connectivity index (χ1n) is 6.11. The van der Waals surface area contributed by atoms with Gasteiger partial charge in [-0.05, 0) is 25.7 Å². The van der Waals surface area contributed by atoms with Gasteiger partial charge >= 0.3 is 0 Å². The first-order valence-corrected chi connectivity index (χ1v) is 6.11. The van der Waals surface area contributed by atoms with Crippen LogP contribution >= 0.6 is 0 Å². The summed E-state index contributed by atoms with van der Waals surface area (Å²) in [6.07, 6.45) is 7.27. The highest BCUT2D eigenvalue weighted by atomic mass is 16.2. The van der Waals surface area contributed by atoms with Gasteiger partial charge in [-0.15, -0.1) is 0 Å². The van der Waals surface area contributed by atoms with Crippen LogP contribution in [0.25, 0.3) is 0 Å². The number of aromatic nitrogens is 2. The lowest BCUT2D eigenvalue weighted by atomic mass is 10.00. The zero-order valence-electron chi connectivity index (χ0n) is 10.1. The van der Waals surface area contributed by atoms with Crippen LogP contribution in [0.5, 0.6) is 0 Å². The Kier molecular flexibility index (Phi) is 3.56. The van der Waals surface area contributed by atoms with E-state index >= 15 is 0 Å². The zero-order chi connectivity index (χ0) is 12.3. The number of carbonyl (C=O) groups excluding carboxylic acids is 1. The molecule has 1 aromatic rings. The van der Waals surface area contributed by atoms with E-state index in [2.05, 4.69) is 16.9 Å². The molecule has 1 fully saturated rings. The standard InChI is InChI=1S/C12H18N4O/c1-2-9-5-3-4-6-16(9)12(17)10-7-14-8-11(13)15-10/h7-9H,2-6H2,1H3,(H2,13,15). The van der Waals surface area contributed by atoms with Gasteiger partial charge in [0.25, 0.3) is 5.91 Å². The molecule has 2 N–H and O–H groups in total. The number of hydrogen-bond donors (Lipinski definition) is 1. The average molecular weight is 234 g/mol. The van der Waals surface area contributed by atoms with Gasteiger partial charge in [-0.2, -0.15) is 0 Å². The third-order valence-corrected chi connectivity index (χ3v) is 3.23. The molecule has 1 aromatic heterocycles. The summed E-state index contributed by atoms with van der Waals surface area (Å²) >= 11 is 0. The number of nitrogens with two attached hydrogens (primary N) is 1. The summed E-state index contributed by atoms with van der Waals surface area (Å²) in [6.45, 7) is 2.93. The SMILES string of the molecule is CCC1CCCCN1C(=O)c1cncc(N)n1. The van der Waals surface area contributed by atoms with Crippen LogP contribution in [0.3, 0.4) is 0 Å². The van der Waals surface area contributed by atoms with Gasteiger partial charge in [0.05, 0.1) is 12.4 Å². The van der Waals surface area contributed by atoms with Gasteiger partial charge in [0.15, 0.2) is 0 Å². The van der Waals surface area contributed by atoms with E-state index in [0.29, 0.717) is 17.6 Å². The molecule has 0 aliphatic carbocycles. The molecule has 0 saturated carbocycles. The molecule has 0 spiro atoms. The lowest BCUT2D eigenvalue weighted by Crippen LogP contribution is -2.43. The van der Waals surface area contributed by atoms with Gasteiger partial charge in [-0.25, -0.2) is 4.98 Å². The highest BCUT2D eigenvalue weighted by molar-refractivity contribution is 5.92. The minimum absolute atomic E-state index is 0.0450. The fraction of sp³-hybridized carbons (Fsp3) is 0.583. The molecule has 1 atom stereocenters. The van der Waals surface area contributed by atoms with Crippen molar-refractivity contribution in [3.8, 4) is 0 Å². The van der Waals surface area contributed by atoms with E-state index in [-0.39, 0.29) is 5.91 Å². The number of hydrogen-bond acceptors (Lipinski definition) is 4. The molecule has 1 unspecified atom stereocenters. The molecule has 1 saturated heterocycles. The van der Waals surface area contributed by atoms with Crippen molar-refractivity contribution in [3.63, 3.8) is 0 Å². The number of nitrogens with zero attached hydrogens (tertiary/aromatic N) is 3. The summed E-state index contributed by atoms with van der Waals surface area (Å²) in [5.74, 6) is 0.247. The molecule has 0 radical (unpaired) electrons. The number of likely N-dealkylation sites (tertiary alicyclic amines) is 1. The Morgan fingerprint density at radius 2 is 2.35 bits per heavy atom. The van der Waals surface area contributed by atoms with E-state index in [1.807, 2.05) is 4.90 Å². The molecule has 0 aromatic carbocycles. The molecule has 5 nitrogen and oxygen atoms in total. The van der Waals surface area contributed by atoms with Crippen LogP contribution in [0.15, 0.2) is 12.4 Å². The molecule has 2 heterocycles. The highest BCUT2D eigenvalue weighted by Crippen LogP contribution is 2.21. The Bertz CT molecular complexity index is 407. The molecular weight excluding hydrogens is 216 g/mol. The van der Waals surface area contributed by atoms with Gasteiger partial charge in [0, 0.05) is 12.6 Å². The quantitative estimate of drug-likeness (QED) is 0.841. The van der Waals surface area contributed by atoms with E-state index in [1.54, 1.807) is 0 Å². The van der Waals surface area contributed by atoms with Crippen LogP contribution in [0.1, 0.15) is 43.1 Å². The fourth-order valence-electron chi connectivity index (χ4n) is 2.32. The van der Waals surface area contributed by atoms with Crippen LogP contribution in [0, 0.1) is 0 Å². The Morgan fingerprint density at radius 1 is 1.53 bits per heavy atom. The topological polar surface area (TPSA) is 72.1 Å². The van der Waals surface area contributed by atoms with Crippen molar-refractivity contribution in [3.05, 3.63) is 18.1 Å². The fourth-order valence-corrected chi connectivity index (χ4v) is 2.32. The van der Waals surface area contributed by atoms with Crippen LogP contribution in [-0.2, 0) is 0 Å². The molecule has 1 amide bonds. The van der Waals surface area contributed by atoms with Gasteiger partial charge < -0.3 is 10.6 Å². The Balaban J connectivity index is 2.18. The van der Waals surface area contributed by atoms with Gasteiger partial charge in [0.1, 0.15) is 11.5 Å². The van der Waals surface area contributed by atoms with Crippen molar-refractivity contribution >= 4 is 11.7 Å². The second-order valence-electron chi connectivity index (χ2n) is 4.39. The van der Waals surface area contributed by atoms with Crippen LogP contribution in [-0.4, -0.2) is 33.4 Å². The first kappa shape index (κ1) is 11.8. The van der Waals surface area contributed by atoms with Crippen LogP contribution in [0.2, 0.25) is 0 Å². The number of amides is 1. The van der Waals surface area contributed by atoms with Crippen molar-refractivity contribution in [2.75, 3.05) is 12.3 Å². The molecule has 0 bridgehead atoms. The second kappa shape index (κ2) is 5.12. The predicted octanol–water partition coefficient (Wildman–Crippen LogP) is 1.46. The largest absolute Gasteiger partial charge is 0.382 e. The summed E-state index contributed by atoms with van der Waals surface area (Å²) in [4.78, 5) is 22.2. The number of nitrogen functional groups attached to an aromatic ring is 1. The van der Waals surface area contributed by atoms with Crippen molar-refractivity contribution < 1.29 is 4.79 Å². The minimum Gasteiger partial charge on any atom is -0.382 e. The average Bonchev–Trinajstić information content (AvgIpc) is 2.38. The zero-order valence-corrected chi connectivity index (χ0v) is 10.1. The van der Waals surface area contributed by atoms with Crippen LogP contribution in [0.4, 0.5) is 5.82 Å². The summed E-state index contributed by atoms with van der Waals surface area (Å²) in [7, 11) is 0. The lowest BCUT2D eigenvalue weighted by Gasteiger charge is -2.34. The Hall–Kier alpha value is -1.65. The molecule has 92 valence electrons. The van der Waals surface area contributed by atoms with Crippen LogP contribution < -0.4 is 5.73 Å². The monoisotopic (exact) mass is 234 g/mol. The first-order chi connectivity index (χ1) is 8.22. The summed E-state index contributed by atoms with van der Waals surface area (Å²) in [5, 5.41) is 0. The molecule has 1 aliphatic heterocycles. The molecule has 2 rings (SSSR count). The van der Waals surface area contributed by atoms with Gasteiger partial charge in [-0.1, -0.05) is 6.92 Å². The Morgan fingerprint density at radius 3 is 3.06 bits per heavy atom. The number of carbonyl (C=O) groups is 1. The third-order valence-electron chi connectivity index (χ3n) is 3.23. The van der Waals surface area contributed by atoms with E-state index in [4.69, 9.17) is 5.73 Å². The van der Waals surface area contributed by atoms with E-state index in [9.17, 15) is 4.79 Å². The van der Waals surface area contributed by atoms with E-state index in [0.717, 1.165) is 25.8 Å². The Labute approximate surface area is 101 Å². The third kappa shape index (κ3) is 2.54. The maximum Gasteiger partial charge on any atom is 0.274 e. The van der Waals surface area contributed by atoms with E-state index < -0.39 is 0 Å².